The number of halogens is 1. The van der Waals surface area contributed by atoms with Crippen LogP contribution in [0.25, 0.3) is 83.6 Å². The Hall–Kier alpha value is -6.10. The van der Waals surface area contributed by atoms with Gasteiger partial charge in [0.15, 0.2) is 17.5 Å². The van der Waals surface area contributed by atoms with Gasteiger partial charge in [0.2, 0.25) is 0 Å². The van der Waals surface area contributed by atoms with E-state index < -0.39 is 0 Å². The van der Waals surface area contributed by atoms with Crippen molar-refractivity contribution in [1.29, 1.82) is 0 Å². The fourth-order valence-corrected chi connectivity index (χ4v) is 6.99. The zero-order valence-corrected chi connectivity index (χ0v) is 26.5. The van der Waals surface area contributed by atoms with Crippen LogP contribution in [0, 0.1) is 0 Å². The second-order valence-corrected chi connectivity index (χ2v) is 12.2. The van der Waals surface area contributed by atoms with Crippen LogP contribution in [0.5, 0.6) is 0 Å². The molecule has 0 amide bonds. The first kappa shape index (κ1) is 28.1. The van der Waals surface area contributed by atoms with E-state index in [0.717, 1.165) is 55.3 Å². The van der Waals surface area contributed by atoms with E-state index in [9.17, 15) is 0 Å². The van der Waals surface area contributed by atoms with Gasteiger partial charge in [-0.05, 0) is 46.8 Å². The Labute approximate surface area is 282 Å². The number of rotatable bonds is 5. The summed E-state index contributed by atoms with van der Waals surface area (Å²) in [5.74, 6) is 1.80. The molecule has 5 heteroatoms. The second-order valence-electron chi connectivity index (χ2n) is 11.8. The molecule has 0 atom stereocenters. The van der Waals surface area contributed by atoms with Crippen molar-refractivity contribution in [3.8, 4) is 51.0 Å². The molecule has 0 saturated carbocycles. The second kappa shape index (κ2) is 11.6. The van der Waals surface area contributed by atoms with E-state index >= 15 is 0 Å². The predicted molar refractivity (Wildman–Crippen MR) is 198 cm³/mol. The molecule has 9 aromatic rings. The van der Waals surface area contributed by atoms with Gasteiger partial charge in [-0.2, -0.15) is 0 Å². The number of benzene rings is 7. The molecule has 0 N–H and O–H groups in total. The summed E-state index contributed by atoms with van der Waals surface area (Å²) in [7, 11) is 0. The molecule has 0 saturated heterocycles. The molecule has 226 valence electrons. The van der Waals surface area contributed by atoms with Gasteiger partial charge >= 0.3 is 0 Å². The molecule has 48 heavy (non-hydrogen) atoms. The van der Waals surface area contributed by atoms with Crippen LogP contribution >= 0.6 is 11.6 Å². The number of nitrogens with zero attached hydrogens (tertiary/aromatic N) is 4. The van der Waals surface area contributed by atoms with E-state index in [1.807, 2.05) is 78.9 Å². The summed E-state index contributed by atoms with van der Waals surface area (Å²) in [5, 5.41) is 4.99. The topological polar surface area (TPSA) is 43.6 Å². The van der Waals surface area contributed by atoms with Crippen molar-refractivity contribution in [2.24, 2.45) is 0 Å². The summed E-state index contributed by atoms with van der Waals surface area (Å²) in [5.41, 5.74) is 8.09. The van der Waals surface area contributed by atoms with Crippen LogP contribution in [-0.2, 0) is 0 Å². The molecule has 0 radical (unpaired) electrons. The summed E-state index contributed by atoms with van der Waals surface area (Å²) >= 11 is 6.92. The quantitative estimate of drug-likeness (QED) is 0.189. The van der Waals surface area contributed by atoms with Gasteiger partial charge in [-0.3, -0.25) is 0 Å². The summed E-state index contributed by atoms with van der Waals surface area (Å²) < 4.78 is 2.31. The normalized spacial score (nSPS) is 11.4. The fraction of sp³-hybridized carbons (Fsp3) is 0. The van der Waals surface area contributed by atoms with Crippen molar-refractivity contribution in [3.05, 3.63) is 169 Å². The molecular formula is C43H27ClN4. The number of fused-ring (bicyclic) bond motifs is 4. The van der Waals surface area contributed by atoms with Crippen molar-refractivity contribution in [3.63, 3.8) is 0 Å². The molecule has 0 aliphatic carbocycles. The van der Waals surface area contributed by atoms with Crippen LogP contribution in [0.15, 0.2) is 164 Å². The molecule has 9 rings (SSSR count). The molecule has 7 aromatic carbocycles. The fourth-order valence-electron chi connectivity index (χ4n) is 6.72. The summed E-state index contributed by atoms with van der Waals surface area (Å²) in [4.78, 5) is 15.5. The van der Waals surface area contributed by atoms with Crippen molar-refractivity contribution in [2.45, 2.75) is 0 Å². The van der Waals surface area contributed by atoms with Crippen molar-refractivity contribution in [2.75, 3.05) is 0 Å². The van der Waals surface area contributed by atoms with E-state index in [2.05, 4.69) is 89.5 Å². The lowest BCUT2D eigenvalue weighted by Gasteiger charge is -2.16. The van der Waals surface area contributed by atoms with Crippen LogP contribution < -0.4 is 0 Å². The van der Waals surface area contributed by atoms with Crippen LogP contribution in [0.2, 0.25) is 5.02 Å². The van der Waals surface area contributed by atoms with Gasteiger partial charge in [-0.15, -0.1) is 0 Å². The maximum atomic E-state index is 6.92. The van der Waals surface area contributed by atoms with Crippen LogP contribution in [0.4, 0.5) is 0 Å². The average molecular weight is 635 g/mol. The van der Waals surface area contributed by atoms with Crippen LogP contribution in [-0.4, -0.2) is 19.5 Å². The maximum Gasteiger partial charge on any atom is 0.165 e. The number of hydrogen-bond donors (Lipinski definition) is 0. The standard InChI is InChI=1S/C43H27ClN4/c44-37-27-36(28-14-4-1-5-15-28)40(35-22-11-10-20-32(35)37)43-46-41(29-16-6-2-7-17-29)45-42(47-43)30-24-25-34-33-21-12-13-23-38(33)48(39(34)26-30)31-18-8-3-9-19-31/h1-27H. The van der Waals surface area contributed by atoms with Crippen molar-refractivity contribution >= 4 is 44.2 Å². The van der Waals surface area contributed by atoms with E-state index in [1.165, 1.54) is 10.8 Å². The molecular weight excluding hydrogens is 608 g/mol. The summed E-state index contributed by atoms with van der Waals surface area (Å²) in [6.07, 6.45) is 0. The highest BCUT2D eigenvalue weighted by molar-refractivity contribution is 6.36. The average Bonchev–Trinajstić information content (AvgIpc) is 3.49. The van der Waals surface area contributed by atoms with Crippen LogP contribution in [0.1, 0.15) is 0 Å². The Morgan fingerprint density at radius 1 is 0.396 bits per heavy atom. The largest absolute Gasteiger partial charge is 0.309 e. The van der Waals surface area contributed by atoms with E-state index in [0.29, 0.717) is 22.5 Å². The molecule has 0 unspecified atom stereocenters. The van der Waals surface area contributed by atoms with Gasteiger partial charge in [0.05, 0.1) is 11.0 Å². The van der Waals surface area contributed by atoms with Gasteiger partial charge < -0.3 is 4.57 Å². The van der Waals surface area contributed by atoms with Gasteiger partial charge in [0, 0.05) is 43.6 Å². The molecule has 2 heterocycles. The van der Waals surface area contributed by atoms with Crippen molar-refractivity contribution < 1.29 is 0 Å². The highest BCUT2D eigenvalue weighted by Crippen LogP contribution is 2.41. The third-order valence-electron chi connectivity index (χ3n) is 8.92. The minimum atomic E-state index is 0.592. The molecule has 4 nitrogen and oxygen atoms in total. The maximum absolute atomic E-state index is 6.92. The summed E-state index contributed by atoms with van der Waals surface area (Å²) in [6, 6.07) is 56.1. The Bertz CT molecular complexity index is 2610. The SMILES string of the molecule is Clc1cc(-c2ccccc2)c(-c2nc(-c3ccccc3)nc(-c3ccc4c5ccccc5n(-c5ccccc5)c4c3)n2)c2ccccc12. The Balaban J connectivity index is 1.34. The third kappa shape index (κ3) is 4.74. The zero-order chi connectivity index (χ0) is 32.0. The molecule has 2 aromatic heterocycles. The highest BCUT2D eigenvalue weighted by atomic mass is 35.5. The van der Waals surface area contributed by atoms with Crippen LogP contribution in [0.3, 0.4) is 0 Å². The molecule has 0 fully saturated rings. The van der Waals surface area contributed by atoms with Crippen molar-refractivity contribution in [1.82, 2.24) is 19.5 Å². The molecule has 0 spiro atoms. The Morgan fingerprint density at radius 2 is 0.938 bits per heavy atom. The van der Waals surface area contributed by atoms with E-state index in [4.69, 9.17) is 26.6 Å². The Kier molecular flexibility index (Phi) is 6.81. The van der Waals surface area contributed by atoms with E-state index in [1.54, 1.807) is 0 Å². The lowest BCUT2D eigenvalue weighted by Crippen LogP contribution is -2.02. The first-order valence-corrected chi connectivity index (χ1v) is 16.3. The first-order chi connectivity index (χ1) is 23.7. The monoisotopic (exact) mass is 634 g/mol. The number of aromatic nitrogens is 4. The molecule has 0 aliphatic heterocycles. The van der Waals surface area contributed by atoms with Gasteiger partial charge in [0.25, 0.3) is 0 Å². The predicted octanol–water partition coefficient (Wildman–Crippen LogP) is 11.4. The highest BCUT2D eigenvalue weighted by Gasteiger charge is 2.21. The first-order valence-electron chi connectivity index (χ1n) is 15.9. The molecule has 0 aliphatic rings. The lowest BCUT2D eigenvalue weighted by atomic mass is 9.93. The number of para-hydroxylation sites is 2. The number of hydrogen-bond acceptors (Lipinski definition) is 3. The van der Waals surface area contributed by atoms with E-state index in [-0.39, 0.29) is 0 Å². The van der Waals surface area contributed by atoms with Gasteiger partial charge in [-0.25, -0.2) is 15.0 Å². The third-order valence-corrected chi connectivity index (χ3v) is 9.23. The summed E-state index contributed by atoms with van der Waals surface area (Å²) in [6.45, 7) is 0. The van der Waals surface area contributed by atoms with Gasteiger partial charge in [-0.1, -0.05) is 145 Å². The Morgan fingerprint density at radius 3 is 1.67 bits per heavy atom. The minimum absolute atomic E-state index is 0.592. The minimum Gasteiger partial charge on any atom is -0.309 e. The molecule has 0 bridgehead atoms. The smallest absolute Gasteiger partial charge is 0.165 e. The lowest BCUT2D eigenvalue weighted by molar-refractivity contribution is 1.08. The zero-order valence-electron chi connectivity index (χ0n) is 25.8. The van der Waals surface area contributed by atoms with Gasteiger partial charge in [0.1, 0.15) is 0 Å².